The summed E-state index contributed by atoms with van der Waals surface area (Å²) in [5.74, 6) is -2.58. The van der Waals surface area contributed by atoms with Gasteiger partial charge in [0.2, 0.25) is 20.1 Å². The van der Waals surface area contributed by atoms with Gasteiger partial charge in [-0.25, -0.2) is 4.90 Å². The molecule has 2 unspecified atom stereocenters. The molecule has 1 aromatic rings. The van der Waals surface area contributed by atoms with E-state index in [9.17, 15) is 22.8 Å². The second-order valence-electron chi connectivity index (χ2n) is 11.1. The fourth-order valence-electron chi connectivity index (χ4n) is 4.93. The van der Waals surface area contributed by atoms with Crippen molar-refractivity contribution < 1.29 is 31.9 Å². The summed E-state index contributed by atoms with van der Waals surface area (Å²) in [5.41, 5.74) is -4.32. The van der Waals surface area contributed by atoms with Crippen molar-refractivity contribution in [2.24, 2.45) is 11.8 Å². The van der Waals surface area contributed by atoms with Crippen LogP contribution in [0.25, 0.3) is 0 Å². The summed E-state index contributed by atoms with van der Waals surface area (Å²) in [6, 6.07) is 4.36. The average molecular weight is 493 g/mol. The molecule has 0 aromatic heterocycles. The number of nitrogens with zero attached hydrogens (tertiary/aromatic N) is 2. The Morgan fingerprint density at radius 1 is 1.12 bits per heavy atom. The highest BCUT2D eigenvalue weighted by molar-refractivity contribution is 6.74. The Kier molecular flexibility index (Phi) is 5.00. The molecule has 1 aromatic carbocycles. The molecule has 0 radical (unpaired) electrons. The molecule has 4 rings (SSSR count). The molecular formula is C24H27F3N2O4Si. The lowest BCUT2D eigenvalue weighted by molar-refractivity contribution is -0.138. The Balaban J connectivity index is 1.75. The van der Waals surface area contributed by atoms with Gasteiger partial charge in [-0.3, -0.25) is 9.59 Å². The van der Waals surface area contributed by atoms with Crippen LogP contribution in [0, 0.1) is 23.2 Å². The summed E-state index contributed by atoms with van der Waals surface area (Å²) >= 11 is 0. The smallest absolute Gasteiger partial charge is 0.417 e. The SMILES string of the molecule is CC12C=C(O[Si](C)(C)C(C)(C)C)C(C)(O1)[C@H]1C(=O)N(c3ccc(C#N)c(C(F)(F)F)c3)C(=O)[C@H]12. The number of ether oxygens (including phenoxy) is 1. The lowest BCUT2D eigenvalue weighted by atomic mass is 9.72. The van der Waals surface area contributed by atoms with Crippen LogP contribution in [0.2, 0.25) is 18.1 Å². The van der Waals surface area contributed by atoms with Gasteiger partial charge in [-0.2, -0.15) is 18.4 Å². The van der Waals surface area contributed by atoms with Crippen LogP contribution in [0.1, 0.15) is 45.7 Å². The van der Waals surface area contributed by atoms with Crippen LogP contribution in [0.4, 0.5) is 18.9 Å². The first-order chi connectivity index (χ1) is 15.4. The van der Waals surface area contributed by atoms with Gasteiger partial charge in [-0.15, -0.1) is 0 Å². The Hall–Kier alpha value is -2.64. The van der Waals surface area contributed by atoms with Crippen molar-refractivity contribution in [1.82, 2.24) is 0 Å². The summed E-state index contributed by atoms with van der Waals surface area (Å²) in [6.07, 6.45) is -3.06. The third kappa shape index (κ3) is 3.24. The van der Waals surface area contributed by atoms with E-state index in [1.807, 2.05) is 0 Å². The first-order valence-corrected chi connectivity index (χ1v) is 13.9. The standard InChI is InChI=1S/C24H27F3N2O4Si/c1-21(2,3)34(6,7)32-16-11-22(4)17-18(23(16,5)33-22)20(31)29(19(17)30)14-9-8-13(12-28)15(10-14)24(25,26)27/h8-11,17-18H,1-7H3/t17-,18+,22?,23?/m0/s1. The number of amides is 2. The van der Waals surface area contributed by atoms with E-state index in [-0.39, 0.29) is 10.7 Å². The molecule has 182 valence electrons. The first-order valence-electron chi connectivity index (χ1n) is 11.0. The number of carbonyl (C=O) groups is 2. The van der Waals surface area contributed by atoms with Crippen molar-refractivity contribution in [3.63, 3.8) is 0 Å². The number of nitriles is 1. The zero-order valence-corrected chi connectivity index (χ0v) is 21.1. The molecule has 2 saturated heterocycles. The Morgan fingerprint density at radius 3 is 2.24 bits per heavy atom. The fourth-order valence-corrected chi connectivity index (χ4v) is 6.05. The molecule has 3 aliphatic heterocycles. The predicted molar refractivity (Wildman–Crippen MR) is 120 cm³/mol. The van der Waals surface area contributed by atoms with Gasteiger partial charge < -0.3 is 9.16 Å². The molecule has 6 nitrogen and oxygen atoms in total. The number of halogens is 3. The van der Waals surface area contributed by atoms with Crippen molar-refractivity contribution in [1.29, 1.82) is 5.26 Å². The Morgan fingerprint density at radius 2 is 1.71 bits per heavy atom. The maximum absolute atomic E-state index is 13.6. The van der Waals surface area contributed by atoms with E-state index in [1.165, 1.54) is 12.1 Å². The van der Waals surface area contributed by atoms with Gasteiger partial charge in [0.15, 0.2) is 0 Å². The normalized spacial score (nSPS) is 31.0. The number of imide groups is 1. The summed E-state index contributed by atoms with van der Waals surface area (Å²) in [4.78, 5) is 27.8. The van der Waals surface area contributed by atoms with Crippen molar-refractivity contribution in [2.75, 3.05) is 4.90 Å². The van der Waals surface area contributed by atoms with E-state index in [0.29, 0.717) is 11.8 Å². The number of rotatable bonds is 3. The summed E-state index contributed by atoms with van der Waals surface area (Å²) < 4.78 is 53.3. The second-order valence-corrected chi connectivity index (χ2v) is 15.8. The number of benzene rings is 1. The zero-order valence-electron chi connectivity index (χ0n) is 20.1. The number of carbonyl (C=O) groups excluding carboxylic acids is 2. The van der Waals surface area contributed by atoms with E-state index in [2.05, 4.69) is 33.9 Å². The topological polar surface area (TPSA) is 79.6 Å². The molecule has 2 amide bonds. The molecule has 3 aliphatic rings. The maximum atomic E-state index is 13.6. The lowest BCUT2D eigenvalue weighted by Gasteiger charge is -2.41. The third-order valence-electron chi connectivity index (χ3n) is 7.71. The lowest BCUT2D eigenvalue weighted by Crippen LogP contribution is -2.47. The van der Waals surface area contributed by atoms with Crippen molar-refractivity contribution in [2.45, 2.75) is 70.1 Å². The van der Waals surface area contributed by atoms with Gasteiger partial charge in [0.05, 0.1) is 34.7 Å². The highest BCUT2D eigenvalue weighted by atomic mass is 28.4. The molecule has 2 bridgehead atoms. The maximum Gasteiger partial charge on any atom is 0.417 e. The molecule has 0 saturated carbocycles. The number of hydrogen-bond donors (Lipinski definition) is 0. The van der Waals surface area contributed by atoms with Crippen LogP contribution in [0.3, 0.4) is 0 Å². The summed E-state index contributed by atoms with van der Waals surface area (Å²) in [7, 11) is -2.30. The van der Waals surface area contributed by atoms with Crippen LogP contribution < -0.4 is 4.90 Å². The number of hydrogen-bond acceptors (Lipinski definition) is 5. The minimum absolute atomic E-state index is 0.121. The van der Waals surface area contributed by atoms with Gasteiger partial charge in [-0.05, 0) is 56.3 Å². The highest BCUT2D eigenvalue weighted by Gasteiger charge is 2.74. The third-order valence-corrected chi connectivity index (χ3v) is 12.1. The van der Waals surface area contributed by atoms with Crippen molar-refractivity contribution in [3.05, 3.63) is 41.2 Å². The van der Waals surface area contributed by atoms with Crippen LogP contribution in [0.15, 0.2) is 30.0 Å². The Bertz CT molecular complexity index is 1180. The largest absolute Gasteiger partial charge is 0.544 e. The molecule has 0 spiro atoms. The minimum atomic E-state index is -4.81. The quantitative estimate of drug-likeness (QED) is 0.431. The summed E-state index contributed by atoms with van der Waals surface area (Å²) in [6.45, 7) is 13.8. The molecule has 2 fully saturated rings. The highest BCUT2D eigenvalue weighted by Crippen LogP contribution is 2.61. The second kappa shape index (κ2) is 6.95. The van der Waals surface area contributed by atoms with Gasteiger partial charge in [0.25, 0.3) is 0 Å². The molecular weight excluding hydrogens is 465 g/mol. The molecule has 4 atom stereocenters. The fraction of sp³-hybridized carbons (Fsp3) is 0.542. The predicted octanol–water partition coefficient (Wildman–Crippen LogP) is 5.15. The van der Waals surface area contributed by atoms with Crippen LogP contribution in [0.5, 0.6) is 0 Å². The average Bonchev–Trinajstić information content (AvgIpc) is 3.20. The molecule has 0 N–H and O–H groups in total. The van der Waals surface area contributed by atoms with Crippen LogP contribution in [-0.4, -0.2) is 31.3 Å². The molecule has 10 heteroatoms. The first kappa shape index (κ1) is 24.5. The van der Waals surface area contributed by atoms with Gasteiger partial charge >= 0.3 is 6.18 Å². The Labute approximate surface area is 197 Å². The number of alkyl halides is 3. The summed E-state index contributed by atoms with van der Waals surface area (Å²) in [5, 5.41) is 8.95. The van der Waals surface area contributed by atoms with Gasteiger partial charge in [-0.1, -0.05) is 20.8 Å². The van der Waals surface area contributed by atoms with Gasteiger partial charge in [0, 0.05) is 0 Å². The molecule has 0 aliphatic carbocycles. The van der Waals surface area contributed by atoms with Crippen LogP contribution in [-0.2, 0) is 24.9 Å². The number of anilines is 1. The number of fused-ring (bicyclic) bond motifs is 5. The van der Waals surface area contributed by atoms with E-state index < -0.39 is 60.5 Å². The van der Waals surface area contributed by atoms with Gasteiger partial charge in [0.1, 0.15) is 17.0 Å². The van der Waals surface area contributed by atoms with E-state index in [1.54, 1.807) is 19.9 Å². The van der Waals surface area contributed by atoms with Crippen LogP contribution >= 0.6 is 0 Å². The molecule has 3 heterocycles. The molecule has 34 heavy (non-hydrogen) atoms. The van der Waals surface area contributed by atoms with Crippen molar-refractivity contribution >= 4 is 25.8 Å². The van der Waals surface area contributed by atoms with E-state index in [4.69, 9.17) is 14.4 Å². The van der Waals surface area contributed by atoms with E-state index in [0.717, 1.165) is 11.0 Å². The minimum Gasteiger partial charge on any atom is -0.544 e. The van der Waals surface area contributed by atoms with E-state index >= 15 is 0 Å². The monoisotopic (exact) mass is 492 g/mol. The van der Waals surface area contributed by atoms with Crippen molar-refractivity contribution in [3.8, 4) is 6.07 Å². The zero-order chi connectivity index (χ0) is 25.6.